The minimum absolute atomic E-state index is 0.891. The number of rotatable bonds is 1. The predicted molar refractivity (Wildman–Crippen MR) is 50.1 cm³/mol. The molecule has 0 aromatic carbocycles. The van der Waals surface area contributed by atoms with E-state index < -0.39 is 0 Å². The third kappa shape index (κ3) is 3.23. The average Bonchev–Trinajstić information content (AvgIpc) is 2.40. The molecule has 10 heavy (non-hydrogen) atoms. The summed E-state index contributed by atoms with van der Waals surface area (Å²) in [7, 11) is 0. The fourth-order valence-electron chi connectivity index (χ4n) is 0.542. The van der Waals surface area contributed by atoms with Gasteiger partial charge in [0.2, 0.25) is 0 Å². The Labute approximate surface area is 71.8 Å². The predicted octanol–water partition coefficient (Wildman–Crippen LogP) is 3.99. The Morgan fingerprint density at radius 2 is 2.00 bits per heavy atom. The van der Waals surface area contributed by atoms with Crippen LogP contribution in [0.15, 0.2) is 12.1 Å². The maximum absolute atomic E-state index is 5.66. The van der Waals surface area contributed by atoms with Crippen molar-refractivity contribution in [3.63, 3.8) is 0 Å². The maximum atomic E-state index is 5.66. The highest BCUT2D eigenvalue weighted by molar-refractivity contribution is 7.16. The van der Waals surface area contributed by atoms with Crippen LogP contribution in [0, 0.1) is 0 Å². The van der Waals surface area contributed by atoms with E-state index in [1.807, 2.05) is 19.9 Å². The first-order chi connectivity index (χ1) is 4.83. The molecular formula is C8H13ClS. The van der Waals surface area contributed by atoms with Crippen molar-refractivity contribution in [2.24, 2.45) is 0 Å². The Kier molecular flexibility index (Phi) is 5.74. The molecule has 0 bridgehead atoms. The van der Waals surface area contributed by atoms with Crippen molar-refractivity contribution in [3.05, 3.63) is 21.3 Å². The van der Waals surface area contributed by atoms with Gasteiger partial charge in [-0.2, -0.15) is 0 Å². The maximum Gasteiger partial charge on any atom is 0.0931 e. The van der Waals surface area contributed by atoms with E-state index in [4.69, 9.17) is 11.6 Å². The van der Waals surface area contributed by atoms with Crippen LogP contribution in [0.5, 0.6) is 0 Å². The number of hydrogen-bond donors (Lipinski definition) is 0. The van der Waals surface area contributed by atoms with Crippen LogP contribution >= 0.6 is 22.9 Å². The normalized spacial score (nSPS) is 8.40. The van der Waals surface area contributed by atoms with E-state index in [-0.39, 0.29) is 0 Å². The molecule has 0 saturated carbocycles. The summed E-state index contributed by atoms with van der Waals surface area (Å²) >= 11 is 7.31. The average molecular weight is 177 g/mol. The minimum Gasteiger partial charge on any atom is -0.128 e. The van der Waals surface area contributed by atoms with Crippen LogP contribution in [0.3, 0.4) is 0 Å². The van der Waals surface area contributed by atoms with Crippen molar-refractivity contribution < 1.29 is 0 Å². The summed E-state index contributed by atoms with van der Waals surface area (Å²) < 4.78 is 0.891. The van der Waals surface area contributed by atoms with Crippen LogP contribution in [-0.2, 0) is 6.42 Å². The monoisotopic (exact) mass is 176 g/mol. The SMILES string of the molecule is CC.CCc1ccc(Cl)s1. The van der Waals surface area contributed by atoms with Crippen LogP contribution in [0.1, 0.15) is 25.6 Å². The van der Waals surface area contributed by atoms with E-state index in [1.54, 1.807) is 11.3 Å². The third-order valence-electron chi connectivity index (χ3n) is 0.977. The van der Waals surface area contributed by atoms with Crippen molar-refractivity contribution in [1.29, 1.82) is 0 Å². The summed E-state index contributed by atoms with van der Waals surface area (Å²) in [6, 6.07) is 4.00. The minimum atomic E-state index is 0.891. The third-order valence-corrected chi connectivity index (χ3v) is 2.35. The van der Waals surface area contributed by atoms with Crippen molar-refractivity contribution >= 4 is 22.9 Å². The van der Waals surface area contributed by atoms with Crippen LogP contribution in [0.25, 0.3) is 0 Å². The topological polar surface area (TPSA) is 0 Å². The molecule has 0 aliphatic rings. The standard InChI is InChI=1S/C6H7ClS.C2H6/c1-2-5-3-4-6(7)8-5;1-2/h3-4H,2H2,1H3;1-2H3. The number of halogens is 1. The molecule has 1 heterocycles. The van der Waals surface area contributed by atoms with Gasteiger partial charge in [0.25, 0.3) is 0 Å². The van der Waals surface area contributed by atoms with Crippen molar-refractivity contribution in [2.75, 3.05) is 0 Å². The molecular weight excluding hydrogens is 164 g/mol. The van der Waals surface area contributed by atoms with E-state index in [0.29, 0.717) is 0 Å². The van der Waals surface area contributed by atoms with Crippen LogP contribution < -0.4 is 0 Å². The molecule has 0 nitrogen and oxygen atoms in total. The van der Waals surface area contributed by atoms with E-state index >= 15 is 0 Å². The molecule has 1 aromatic heterocycles. The number of hydrogen-bond acceptors (Lipinski definition) is 1. The zero-order chi connectivity index (χ0) is 7.98. The highest BCUT2D eigenvalue weighted by atomic mass is 35.5. The van der Waals surface area contributed by atoms with Gasteiger partial charge in [-0.25, -0.2) is 0 Å². The first-order valence-electron chi connectivity index (χ1n) is 3.57. The lowest BCUT2D eigenvalue weighted by molar-refractivity contribution is 1.19. The van der Waals surface area contributed by atoms with Gasteiger partial charge in [0.05, 0.1) is 4.34 Å². The molecule has 0 unspecified atom stereocenters. The van der Waals surface area contributed by atoms with E-state index in [0.717, 1.165) is 10.8 Å². The van der Waals surface area contributed by atoms with Gasteiger partial charge in [0, 0.05) is 4.88 Å². The zero-order valence-electron chi connectivity index (χ0n) is 6.65. The molecule has 0 atom stereocenters. The second-order valence-corrected chi connectivity index (χ2v) is 3.36. The second kappa shape index (κ2) is 5.75. The fourth-order valence-corrected chi connectivity index (χ4v) is 1.57. The Morgan fingerprint density at radius 1 is 1.40 bits per heavy atom. The zero-order valence-corrected chi connectivity index (χ0v) is 8.22. The lowest BCUT2D eigenvalue weighted by Crippen LogP contribution is -1.63. The summed E-state index contributed by atoms with van der Waals surface area (Å²) in [5.41, 5.74) is 0. The molecule has 0 fully saturated rings. The van der Waals surface area contributed by atoms with Gasteiger partial charge in [0.1, 0.15) is 0 Å². The Hall–Kier alpha value is -0.0100. The Balaban J connectivity index is 0.000000371. The molecule has 0 N–H and O–H groups in total. The quantitative estimate of drug-likeness (QED) is 0.607. The molecule has 0 aliphatic carbocycles. The molecule has 0 saturated heterocycles. The lowest BCUT2D eigenvalue weighted by atomic mass is 10.4. The molecule has 0 amide bonds. The second-order valence-electron chi connectivity index (χ2n) is 1.56. The van der Waals surface area contributed by atoms with Crippen molar-refractivity contribution in [2.45, 2.75) is 27.2 Å². The van der Waals surface area contributed by atoms with Gasteiger partial charge in [-0.3, -0.25) is 0 Å². The lowest BCUT2D eigenvalue weighted by Gasteiger charge is -1.79. The largest absolute Gasteiger partial charge is 0.128 e. The van der Waals surface area contributed by atoms with E-state index in [1.165, 1.54) is 4.88 Å². The Morgan fingerprint density at radius 3 is 2.20 bits per heavy atom. The van der Waals surface area contributed by atoms with Crippen molar-refractivity contribution in [3.8, 4) is 0 Å². The van der Waals surface area contributed by atoms with Crippen molar-refractivity contribution in [1.82, 2.24) is 0 Å². The smallest absolute Gasteiger partial charge is 0.0931 e. The van der Waals surface area contributed by atoms with Gasteiger partial charge in [-0.1, -0.05) is 32.4 Å². The van der Waals surface area contributed by atoms with Crippen LogP contribution in [-0.4, -0.2) is 0 Å². The van der Waals surface area contributed by atoms with Gasteiger partial charge >= 0.3 is 0 Å². The molecule has 2 heteroatoms. The van der Waals surface area contributed by atoms with Gasteiger partial charge in [-0.15, -0.1) is 11.3 Å². The van der Waals surface area contributed by atoms with E-state index in [2.05, 4.69) is 13.0 Å². The van der Waals surface area contributed by atoms with Gasteiger partial charge in [0.15, 0.2) is 0 Å². The number of thiophene rings is 1. The summed E-state index contributed by atoms with van der Waals surface area (Å²) in [5.74, 6) is 0. The summed E-state index contributed by atoms with van der Waals surface area (Å²) in [6.45, 7) is 6.13. The summed E-state index contributed by atoms with van der Waals surface area (Å²) in [4.78, 5) is 1.36. The Bertz CT molecular complexity index is 170. The molecule has 0 radical (unpaired) electrons. The fraction of sp³-hybridized carbons (Fsp3) is 0.500. The first kappa shape index (κ1) is 9.99. The molecule has 0 aliphatic heterocycles. The number of aryl methyl sites for hydroxylation is 1. The molecule has 1 aromatic rings. The van der Waals surface area contributed by atoms with Crippen LogP contribution in [0.2, 0.25) is 4.34 Å². The molecule has 1 rings (SSSR count). The molecule has 58 valence electrons. The summed E-state index contributed by atoms with van der Waals surface area (Å²) in [5, 5.41) is 0. The highest BCUT2D eigenvalue weighted by Crippen LogP contribution is 2.21. The van der Waals surface area contributed by atoms with Gasteiger partial charge < -0.3 is 0 Å². The van der Waals surface area contributed by atoms with Crippen LogP contribution in [0.4, 0.5) is 0 Å². The highest BCUT2D eigenvalue weighted by Gasteiger charge is 1.91. The summed E-state index contributed by atoms with van der Waals surface area (Å²) in [6.07, 6.45) is 1.09. The van der Waals surface area contributed by atoms with Gasteiger partial charge in [-0.05, 0) is 18.6 Å². The molecule has 0 spiro atoms. The first-order valence-corrected chi connectivity index (χ1v) is 4.76. The van der Waals surface area contributed by atoms with E-state index in [9.17, 15) is 0 Å².